The highest BCUT2D eigenvalue weighted by molar-refractivity contribution is 9.10. The first-order valence-electron chi connectivity index (χ1n) is 4.85. The van der Waals surface area contributed by atoms with Gasteiger partial charge in [-0.25, -0.2) is 0 Å². The van der Waals surface area contributed by atoms with Gasteiger partial charge in [-0.2, -0.15) is 5.26 Å². The molecule has 0 aliphatic heterocycles. The van der Waals surface area contributed by atoms with Gasteiger partial charge in [0.05, 0.1) is 12.7 Å². The fourth-order valence-corrected chi connectivity index (χ4v) is 1.78. The summed E-state index contributed by atoms with van der Waals surface area (Å²) in [5.74, 6) is -0.810. The molecule has 3 nitrogen and oxygen atoms in total. The molecule has 1 atom stereocenters. The zero-order valence-corrected chi connectivity index (χ0v) is 10.5. The van der Waals surface area contributed by atoms with Crippen LogP contribution in [-0.4, -0.2) is 19.5 Å². The molecular weight excluding hydrogens is 270 g/mol. The topological polar surface area (TPSA) is 50.1 Å². The first-order chi connectivity index (χ1) is 7.69. The minimum Gasteiger partial charge on any atom is -0.384 e. The molecule has 84 valence electrons. The number of nitrogens with zero attached hydrogens (tertiary/aromatic N) is 1. The van der Waals surface area contributed by atoms with Gasteiger partial charge in [0.2, 0.25) is 0 Å². The van der Waals surface area contributed by atoms with Crippen LogP contribution in [-0.2, 0) is 9.53 Å². The predicted molar refractivity (Wildman–Crippen MR) is 64.0 cm³/mol. The minimum absolute atomic E-state index is 0.109. The van der Waals surface area contributed by atoms with Gasteiger partial charge in [0.1, 0.15) is 5.92 Å². The number of ether oxygens (including phenoxy) is 1. The van der Waals surface area contributed by atoms with Crippen LogP contribution in [0.25, 0.3) is 0 Å². The molecule has 0 amide bonds. The summed E-state index contributed by atoms with van der Waals surface area (Å²) in [5.41, 5.74) is 0.720. The van der Waals surface area contributed by atoms with E-state index < -0.39 is 5.92 Å². The second-order valence-corrected chi connectivity index (χ2v) is 4.24. The van der Waals surface area contributed by atoms with Gasteiger partial charge >= 0.3 is 0 Å². The lowest BCUT2D eigenvalue weighted by Gasteiger charge is -2.08. The molecule has 1 aromatic rings. The van der Waals surface area contributed by atoms with Crippen molar-refractivity contribution < 1.29 is 9.53 Å². The lowest BCUT2D eigenvalue weighted by Crippen LogP contribution is -2.12. The molecule has 0 N–H and O–H groups in total. The zero-order chi connectivity index (χ0) is 12.0. The maximum Gasteiger partial charge on any atom is 0.156 e. The number of benzene rings is 1. The van der Waals surface area contributed by atoms with Crippen molar-refractivity contribution in [2.75, 3.05) is 13.7 Å². The molecular formula is C12H12BrNO2. The molecule has 0 heterocycles. The maximum absolute atomic E-state index is 11.7. The lowest BCUT2D eigenvalue weighted by atomic mass is 9.95. The Hall–Kier alpha value is -1.18. The number of nitriles is 1. The van der Waals surface area contributed by atoms with Crippen LogP contribution < -0.4 is 0 Å². The summed E-state index contributed by atoms with van der Waals surface area (Å²) in [7, 11) is 1.54. The Morgan fingerprint density at radius 2 is 2.38 bits per heavy atom. The maximum atomic E-state index is 11.7. The van der Waals surface area contributed by atoms with Crippen LogP contribution in [0.1, 0.15) is 17.9 Å². The summed E-state index contributed by atoms with van der Waals surface area (Å²) in [6.45, 7) is 0.352. The number of carbonyl (C=O) groups excluding carboxylic acids is 1. The van der Waals surface area contributed by atoms with Crippen LogP contribution in [0.4, 0.5) is 0 Å². The van der Waals surface area contributed by atoms with Crippen LogP contribution in [0, 0.1) is 11.3 Å². The third-order valence-electron chi connectivity index (χ3n) is 2.19. The van der Waals surface area contributed by atoms with Crippen molar-refractivity contribution >= 4 is 21.7 Å². The molecule has 0 aliphatic rings. The summed E-state index contributed by atoms with van der Waals surface area (Å²) in [5, 5.41) is 9.01. The van der Waals surface area contributed by atoms with Crippen molar-refractivity contribution in [3.63, 3.8) is 0 Å². The number of hydrogen-bond donors (Lipinski definition) is 0. The highest BCUT2D eigenvalue weighted by Gasteiger charge is 2.19. The van der Waals surface area contributed by atoms with Gasteiger partial charge in [0.15, 0.2) is 5.78 Å². The molecule has 0 radical (unpaired) electrons. The van der Waals surface area contributed by atoms with Crippen LogP contribution in [0.5, 0.6) is 0 Å². The summed E-state index contributed by atoms with van der Waals surface area (Å²) >= 11 is 3.32. The predicted octanol–water partition coefficient (Wildman–Crippen LogP) is 2.66. The Morgan fingerprint density at radius 3 is 2.94 bits per heavy atom. The largest absolute Gasteiger partial charge is 0.384 e. The first-order valence-corrected chi connectivity index (χ1v) is 5.65. The van der Waals surface area contributed by atoms with Gasteiger partial charge in [0, 0.05) is 18.0 Å². The van der Waals surface area contributed by atoms with Crippen molar-refractivity contribution in [2.45, 2.75) is 12.3 Å². The zero-order valence-electron chi connectivity index (χ0n) is 8.94. The van der Waals surface area contributed by atoms with Gasteiger partial charge in [-0.05, 0) is 17.7 Å². The summed E-state index contributed by atoms with van der Waals surface area (Å²) < 4.78 is 5.69. The van der Waals surface area contributed by atoms with Crippen molar-refractivity contribution in [1.29, 1.82) is 5.26 Å². The highest BCUT2D eigenvalue weighted by Crippen LogP contribution is 2.21. The SMILES string of the molecule is COCCC(=O)C(C#N)c1cccc(Br)c1. The molecule has 1 aromatic carbocycles. The van der Waals surface area contributed by atoms with Crippen LogP contribution in [0.2, 0.25) is 0 Å². The van der Waals surface area contributed by atoms with E-state index in [-0.39, 0.29) is 12.2 Å². The fourth-order valence-electron chi connectivity index (χ4n) is 1.37. The molecule has 0 spiro atoms. The number of carbonyl (C=O) groups is 1. The van der Waals surface area contributed by atoms with E-state index in [1.807, 2.05) is 18.2 Å². The minimum atomic E-state index is -0.701. The van der Waals surface area contributed by atoms with E-state index >= 15 is 0 Å². The van der Waals surface area contributed by atoms with E-state index in [0.29, 0.717) is 6.61 Å². The number of ketones is 1. The quantitative estimate of drug-likeness (QED) is 0.834. The van der Waals surface area contributed by atoms with Crippen molar-refractivity contribution in [2.24, 2.45) is 0 Å². The Bertz CT molecular complexity index is 412. The molecule has 0 bridgehead atoms. The third kappa shape index (κ3) is 3.44. The van der Waals surface area contributed by atoms with Crippen molar-refractivity contribution in [3.8, 4) is 6.07 Å². The van der Waals surface area contributed by atoms with E-state index in [1.54, 1.807) is 12.1 Å². The number of Topliss-reactive ketones (excluding diaryl/α,β-unsaturated/α-hetero) is 1. The standard InChI is InChI=1S/C12H12BrNO2/c1-16-6-5-12(15)11(8-14)9-3-2-4-10(13)7-9/h2-4,7,11H,5-6H2,1H3. The van der Waals surface area contributed by atoms with Gasteiger partial charge in [-0.1, -0.05) is 28.1 Å². The number of hydrogen-bond acceptors (Lipinski definition) is 3. The van der Waals surface area contributed by atoms with Crippen LogP contribution in [0.15, 0.2) is 28.7 Å². The summed E-state index contributed by atoms with van der Waals surface area (Å²) in [4.78, 5) is 11.7. The normalized spacial score (nSPS) is 11.8. The molecule has 0 aromatic heterocycles. The van der Waals surface area contributed by atoms with Gasteiger partial charge in [0.25, 0.3) is 0 Å². The highest BCUT2D eigenvalue weighted by atomic mass is 79.9. The van der Waals surface area contributed by atoms with Crippen LogP contribution in [0.3, 0.4) is 0 Å². The van der Waals surface area contributed by atoms with E-state index in [2.05, 4.69) is 15.9 Å². The van der Waals surface area contributed by atoms with Crippen molar-refractivity contribution in [3.05, 3.63) is 34.3 Å². The van der Waals surface area contributed by atoms with E-state index in [0.717, 1.165) is 10.0 Å². The van der Waals surface area contributed by atoms with E-state index in [9.17, 15) is 4.79 Å². The second kappa shape index (κ2) is 6.41. The monoisotopic (exact) mass is 281 g/mol. The molecule has 1 rings (SSSR count). The molecule has 0 aliphatic carbocycles. The molecule has 0 saturated heterocycles. The number of halogens is 1. The van der Waals surface area contributed by atoms with E-state index in [1.165, 1.54) is 7.11 Å². The molecule has 16 heavy (non-hydrogen) atoms. The number of rotatable bonds is 5. The molecule has 0 fully saturated rings. The second-order valence-electron chi connectivity index (χ2n) is 3.33. The van der Waals surface area contributed by atoms with Gasteiger partial charge in [-0.3, -0.25) is 4.79 Å². The van der Waals surface area contributed by atoms with Crippen LogP contribution >= 0.6 is 15.9 Å². The summed E-state index contributed by atoms with van der Waals surface area (Å²) in [6, 6.07) is 9.27. The average molecular weight is 282 g/mol. The fraction of sp³-hybridized carbons (Fsp3) is 0.333. The molecule has 0 saturated carbocycles. The summed E-state index contributed by atoms with van der Waals surface area (Å²) in [6.07, 6.45) is 0.265. The number of methoxy groups -OCH3 is 1. The van der Waals surface area contributed by atoms with Gasteiger partial charge in [-0.15, -0.1) is 0 Å². The van der Waals surface area contributed by atoms with E-state index in [4.69, 9.17) is 10.00 Å². The molecule has 4 heteroatoms. The Kier molecular flexibility index (Phi) is 5.17. The first kappa shape index (κ1) is 12.9. The average Bonchev–Trinajstić information content (AvgIpc) is 2.27. The Labute approximate surface area is 103 Å². The smallest absolute Gasteiger partial charge is 0.156 e. The lowest BCUT2D eigenvalue weighted by molar-refractivity contribution is -0.120. The Balaban J connectivity index is 2.83. The molecule has 1 unspecified atom stereocenters. The Morgan fingerprint density at radius 1 is 1.62 bits per heavy atom. The van der Waals surface area contributed by atoms with Crippen molar-refractivity contribution in [1.82, 2.24) is 0 Å². The van der Waals surface area contributed by atoms with Gasteiger partial charge < -0.3 is 4.74 Å². The third-order valence-corrected chi connectivity index (χ3v) is 2.68.